The number of ketones is 1. The van der Waals surface area contributed by atoms with E-state index in [1.165, 1.54) is 49.5 Å². The van der Waals surface area contributed by atoms with E-state index < -0.39 is 12.1 Å². The van der Waals surface area contributed by atoms with Crippen molar-refractivity contribution in [3.63, 3.8) is 0 Å². The number of piperazine rings is 2. The zero-order valence-electron chi connectivity index (χ0n) is 42.6. The Kier molecular flexibility index (Phi) is 35.2. The van der Waals surface area contributed by atoms with Crippen LogP contribution in [0.2, 0.25) is 0 Å². The van der Waals surface area contributed by atoms with Gasteiger partial charge in [-0.05, 0) is 124 Å². The third-order valence-electron chi connectivity index (χ3n) is 11.8. The van der Waals surface area contributed by atoms with Crippen LogP contribution in [-0.4, -0.2) is 221 Å². The fraction of sp³-hybridized carbons (Fsp3) is 0.383. The van der Waals surface area contributed by atoms with Crippen LogP contribution in [-0.2, 0) is 23.4 Å². The second kappa shape index (κ2) is 35.0. The summed E-state index contributed by atoms with van der Waals surface area (Å²) in [4.78, 5) is 46.8. The molecule has 6 aromatic rings. The van der Waals surface area contributed by atoms with Crippen molar-refractivity contribution in [3.8, 4) is 11.4 Å². The van der Waals surface area contributed by atoms with E-state index in [-0.39, 0.29) is 215 Å². The fourth-order valence-corrected chi connectivity index (χ4v) is 8.71. The fourth-order valence-electron chi connectivity index (χ4n) is 8.18. The summed E-state index contributed by atoms with van der Waals surface area (Å²) in [5.74, 6) is -0.0625. The van der Waals surface area contributed by atoms with Crippen LogP contribution in [0.3, 0.4) is 0 Å². The Morgan fingerprint density at radius 1 is 0.586 bits per heavy atom. The van der Waals surface area contributed by atoms with Crippen molar-refractivity contribution >= 4 is 172 Å². The van der Waals surface area contributed by atoms with Crippen molar-refractivity contribution in [2.75, 3.05) is 79.1 Å². The van der Waals surface area contributed by atoms with E-state index in [4.69, 9.17) is 5.11 Å². The summed E-state index contributed by atoms with van der Waals surface area (Å²) in [6.07, 6.45) is 3.56. The van der Waals surface area contributed by atoms with Gasteiger partial charge in [0.15, 0.2) is 5.78 Å². The van der Waals surface area contributed by atoms with Gasteiger partial charge in [0.25, 0.3) is 0 Å². The van der Waals surface area contributed by atoms with Crippen molar-refractivity contribution in [2.45, 2.75) is 58.7 Å². The van der Waals surface area contributed by atoms with E-state index >= 15 is 0 Å². The van der Waals surface area contributed by atoms with Crippen molar-refractivity contribution in [1.82, 2.24) is 28.7 Å². The maximum Gasteiger partial charge on any atom is 1.00 e. The molecule has 4 aromatic carbocycles. The quantitative estimate of drug-likeness (QED) is 0.174. The van der Waals surface area contributed by atoms with Crippen molar-refractivity contribution in [3.05, 3.63) is 140 Å². The minimum atomic E-state index is -0.635. The van der Waals surface area contributed by atoms with E-state index in [2.05, 4.69) is 122 Å². The second-order valence-corrected chi connectivity index (χ2v) is 17.5. The van der Waals surface area contributed by atoms with Gasteiger partial charge in [-0.25, -0.2) is 28.1 Å². The summed E-state index contributed by atoms with van der Waals surface area (Å²) in [5, 5.41) is 25.3. The third kappa shape index (κ3) is 18.3. The van der Waals surface area contributed by atoms with Crippen molar-refractivity contribution < 1.29 is 95.7 Å². The first kappa shape index (κ1) is 70.5. The first-order chi connectivity index (χ1) is 30.9. The molecule has 2 aliphatic rings. The molecule has 2 aliphatic heterocycles. The summed E-state index contributed by atoms with van der Waals surface area (Å²) in [6, 6.07) is 32.0. The molecular formula is C47H59BBr2K2N10NaO5UV. The molecular weight excluding hydrogens is 1350 g/mol. The first-order valence-corrected chi connectivity index (χ1v) is 23.2. The topological polar surface area (TPSA) is 150 Å². The molecule has 3 atom stereocenters. The van der Waals surface area contributed by atoms with E-state index in [1.807, 2.05) is 50.2 Å². The van der Waals surface area contributed by atoms with Gasteiger partial charge in [-0.1, -0.05) is 45.7 Å². The molecule has 0 saturated carbocycles. The molecule has 2 fully saturated rings. The van der Waals surface area contributed by atoms with Gasteiger partial charge in [-0.2, -0.15) is 10.2 Å². The largest absolute Gasteiger partial charge is 1.00 e. The SMILES string of the molecule is CCC(C(C)=O)n1ncn(-c2ccc(N3CCN(c4ccc(Br)cc4)CC3)cc2)c1=O.CCC(C(C)O)n1ncn(-c2ccc(N3CCN(c4ccc(Br)cc4)CC3)cc2)c1=O.CO.[B].[H-].[K].[K].[Na+].[U].[V]. The van der Waals surface area contributed by atoms with E-state index in [1.54, 1.807) is 6.92 Å². The van der Waals surface area contributed by atoms with Gasteiger partial charge in [0.05, 0.1) is 23.5 Å². The maximum atomic E-state index is 12.8. The van der Waals surface area contributed by atoms with Crippen LogP contribution in [0.25, 0.3) is 11.4 Å². The first-order valence-electron chi connectivity index (χ1n) is 21.6. The Hall–Kier alpha value is 0.484. The summed E-state index contributed by atoms with van der Waals surface area (Å²) in [6.45, 7) is 14.6. The molecule has 4 heterocycles. The Morgan fingerprint density at radius 2 is 0.857 bits per heavy atom. The van der Waals surface area contributed by atoms with Gasteiger partial charge in [-0.15, -0.1) is 0 Å². The number of aromatic nitrogens is 6. The molecule has 6 radical (unpaired) electrons. The van der Waals surface area contributed by atoms with Crippen LogP contribution in [0.5, 0.6) is 0 Å². The summed E-state index contributed by atoms with van der Waals surface area (Å²) in [5.41, 5.74) is 5.76. The number of halogens is 2. The number of Topliss-reactive ketones (excluding diaryl/α,β-unsaturated/α-hetero) is 1. The number of hydrogen-bond acceptors (Lipinski definition) is 11. The number of aliphatic hydroxyl groups excluding tert-OH is 2. The molecule has 0 spiro atoms. The van der Waals surface area contributed by atoms with Crippen molar-refractivity contribution in [2.24, 2.45) is 0 Å². The predicted molar refractivity (Wildman–Crippen MR) is 280 cm³/mol. The molecule has 0 amide bonds. The van der Waals surface area contributed by atoms with E-state index in [9.17, 15) is 19.5 Å². The standard InChI is InChI=1S/C23H28BrN5O2.C23H26BrN5O2.CH4O.B.2K.Na.U.V.H/c2*1-3-22(17(2)30)29-23(31)28(16-25-29)21-10-8-20(9-11-21)27-14-12-26(13-15-27)19-6-4-18(24)5-7-19;1-2;;;;;;;/h4-11,16-17,22,30H,3,12-15H2,1-2H3;4-11,16,22H,3,12-15H2,1-2H3;2H,1H3;;;;;;;/q;;;;;;+1;;;-1. The van der Waals surface area contributed by atoms with Crippen LogP contribution in [0, 0.1) is 31.1 Å². The monoisotopic (exact) mass is 1400 g/mol. The maximum absolute atomic E-state index is 12.8. The molecule has 2 N–H and O–H groups in total. The smallest absolute Gasteiger partial charge is 1.00 e. The second-order valence-electron chi connectivity index (χ2n) is 15.6. The zero-order chi connectivity index (χ0) is 45.9. The Bertz CT molecular complexity index is 2550. The van der Waals surface area contributed by atoms with Crippen molar-refractivity contribution in [1.29, 1.82) is 0 Å². The number of rotatable bonds is 12. The number of hydrogen-bond donors (Lipinski definition) is 2. The van der Waals surface area contributed by atoms with Gasteiger partial charge in [0, 0.05) is 252 Å². The van der Waals surface area contributed by atoms with E-state index in [0.717, 1.165) is 91.2 Å². The Balaban J connectivity index is 0. The summed E-state index contributed by atoms with van der Waals surface area (Å²) >= 11 is 6.98. The molecule has 15 nitrogen and oxygen atoms in total. The number of carbonyl (C=O) groups excluding carboxylic acids is 1. The van der Waals surface area contributed by atoms with Crippen LogP contribution in [0.15, 0.2) is 128 Å². The van der Waals surface area contributed by atoms with Gasteiger partial charge in [-0.3, -0.25) is 4.79 Å². The molecule has 356 valence electrons. The molecule has 2 saturated heterocycles. The van der Waals surface area contributed by atoms with Gasteiger partial charge >= 0.3 is 40.9 Å². The molecule has 2 aromatic heterocycles. The van der Waals surface area contributed by atoms with Crippen LogP contribution >= 0.6 is 31.9 Å². The zero-order valence-corrected chi connectivity index (χ0v) is 58.5. The van der Waals surface area contributed by atoms with Crippen LogP contribution in [0.1, 0.15) is 54.0 Å². The molecule has 23 heteroatoms. The summed E-state index contributed by atoms with van der Waals surface area (Å²) in [7, 11) is 1.00. The molecule has 70 heavy (non-hydrogen) atoms. The average molecular weight is 1400 g/mol. The van der Waals surface area contributed by atoms with Gasteiger partial charge in [0.2, 0.25) is 0 Å². The number of carbonyl (C=O) groups is 1. The minimum absolute atomic E-state index is 0. The average Bonchev–Trinajstić information content (AvgIpc) is 3.89. The Morgan fingerprint density at radius 3 is 1.13 bits per heavy atom. The van der Waals surface area contributed by atoms with E-state index in [0.29, 0.717) is 12.8 Å². The third-order valence-corrected chi connectivity index (χ3v) is 12.8. The van der Waals surface area contributed by atoms with Crippen LogP contribution in [0.4, 0.5) is 22.7 Å². The number of benzene rings is 4. The number of nitrogens with zero attached hydrogens (tertiary/aromatic N) is 10. The molecule has 3 unspecified atom stereocenters. The number of aliphatic hydroxyl groups is 2. The summed E-state index contributed by atoms with van der Waals surface area (Å²) < 4.78 is 7.85. The molecule has 0 aliphatic carbocycles. The normalized spacial score (nSPS) is 14.1. The van der Waals surface area contributed by atoms with Gasteiger partial charge in [0.1, 0.15) is 18.7 Å². The molecule has 0 bridgehead atoms. The van der Waals surface area contributed by atoms with Crippen LogP contribution < -0.4 is 60.5 Å². The Labute approximate surface area is 575 Å². The predicted octanol–water partition coefficient (Wildman–Crippen LogP) is 2.70. The minimum Gasteiger partial charge on any atom is -1.00 e. The molecule has 8 rings (SSSR count). The van der Waals surface area contributed by atoms with Gasteiger partial charge < -0.3 is 31.2 Å². The number of anilines is 4.